The van der Waals surface area contributed by atoms with E-state index in [9.17, 15) is 0 Å². The topological polar surface area (TPSA) is 37.0 Å². The molecule has 1 aliphatic carbocycles. The van der Waals surface area contributed by atoms with Crippen molar-refractivity contribution in [3.8, 4) is 17.0 Å². The Labute approximate surface area is 131 Å². The largest absolute Gasteiger partial charge is 0.494 e. The van der Waals surface area contributed by atoms with Crippen molar-refractivity contribution in [1.29, 1.82) is 0 Å². The maximum Gasteiger partial charge on any atom is 0.119 e. The maximum absolute atomic E-state index is 5.47. The summed E-state index contributed by atoms with van der Waals surface area (Å²) in [7, 11) is 0. The zero-order chi connectivity index (χ0) is 15.4. The third-order valence-electron chi connectivity index (χ3n) is 3.89. The molecule has 3 nitrogen and oxygen atoms in total. The van der Waals surface area contributed by atoms with Gasteiger partial charge in [-0.3, -0.25) is 0 Å². The molecule has 114 valence electrons. The van der Waals surface area contributed by atoms with Crippen molar-refractivity contribution < 1.29 is 4.74 Å². The Hall–Kier alpha value is -2.42. The van der Waals surface area contributed by atoms with E-state index in [2.05, 4.69) is 47.6 Å². The average molecular weight is 294 g/mol. The zero-order valence-electron chi connectivity index (χ0n) is 13.1. The van der Waals surface area contributed by atoms with Crippen LogP contribution < -0.4 is 10.1 Å². The number of fused-ring (bicyclic) bond motifs is 1. The number of H-pyrrole nitrogens is 1. The molecule has 0 saturated carbocycles. The summed E-state index contributed by atoms with van der Waals surface area (Å²) in [5.74, 6) is 0.937. The molecule has 0 unspecified atom stereocenters. The number of anilines is 1. The lowest BCUT2D eigenvalue weighted by atomic mass is 10.1. The normalized spacial score (nSPS) is 10.8. The summed E-state index contributed by atoms with van der Waals surface area (Å²) in [5.41, 5.74) is 6.28. The van der Waals surface area contributed by atoms with E-state index in [0.29, 0.717) is 6.61 Å². The van der Waals surface area contributed by atoms with Crippen LogP contribution >= 0.6 is 0 Å². The molecule has 0 radical (unpaired) electrons. The third kappa shape index (κ3) is 3.08. The van der Waals surface area contributed by atoms with Crippen LogP contribution in [0.5, 0.6) is 5.75 Å². The summed E-state index contributed by atoms with van der Waals surface area (Å²) in [6.45, 7) is 5.77. The van der Waals surface area contributed by atoms with Gasteiger partial charge in [0.15, 0.2) is 0 Å². The first kappa shape index (κ1) is 14.5. The Bertz CT molecular complexity index is 700. The van der Waals surface area contributed by atoms with E-state index in [4.69, 9.17) is 4.74 Å². The Balaban J connectivity index is 1.61. The van der Waals surface area contributed by atoms with Gasteiger partial charge in [-0.25, -0.2) is 0 Å². The van der Waals surface area contributed by atoms with Gasteiger partial charge in [-0.15, -0.1) is 0 Å². The number of ether oxygens (including phenoxy) is 1. The van der Waals surface area contributed by atoms with Crippen molar-refractivity contribution in [3.63, 3.8) is 0 Å². The van der Waals surface area contributed by atoms with Crippen LogP contribution in [0.3, 0.4) is 0 Å². The van der Waals surface area contributed by atoms with E-state index in [1.54, 1.807) is 0 Å². The number of nitrogens with one attached hydrogen (secondary N) is 2. The van der Waals surface area contributed by atoms with Crippen molar-refractivity contribution in [3.05, 3.63) is 59.8 Å². The van der Waals surface area contributed by atoms with Crippen molar-refractivity contribution in [2.75, 3.05) is 18.5 Å². The highest BCUT2D eigenvalue weighted by atomic mass is 16.5. The van der Waals surface area contributed by atoms with Crippen molar-refractivity contribution in [2.24, 2.45) is 0 Å². The Morgan fingerprint density at radius 1 is 1.05 bits per heavy atom. The molecule has 22 heavy (non-hydrogen) atoms. The van der Waals surface area contributed by atoms with E-state index in [0.717, 1.165) is 18.7 Å². The number of aryl methyl sites for hydroxylation is 1. The number of pyridine rings is 1. The lowest BCUT2D eigenvalue weighted by molar-refractivity contribution is 0.340. The second kappa shape index (κ2) is 6.56. The van der Waals surface area contributed by atoms with Gasteiger partial charge in [0.25, 0.3) is 0 Å². The van der Waals surface area contributed by atoms with Gasteiger partial charge < -0.3 is 15.0 Å². The quantitative estimate of drug-likeness (QED) is 0.703. The molecule has 3 rings (SSSR count). The summed E-state index contributed by atoms with van der Waals surface area (Å²) >= 11 is 0. The van der Waals surface area contributed by atoms with E-state index >= 15 is 0 Å². The predicted octanol–water partition coefficient (Wildman–Crippen LogP) is 4.48. The smallest absolute Gasteiger partial charge is 0.119 e. The number of benzene rings is 1. The molecular formula is C19H22N2O. The first-order valence-corrected chi connectivity index (χ1v) is 7.80. The summed E-state index contributed by atoms with van der Waals surface area (Å²) in [5, 5.41) is 3.55. The zero-order valence-corrected chi connectivity index (χ0v) is 13.1. The average Bonchev–Trinajstić information content (AvgIpc) is 2.92. The molecule has 0 aromatic heterocycles. The molecule has 3 heteroatoms. The van der Waals surface area contributed by atoms with Crippen LogP contribution in [-0.4, -0.2) is 18.1 Å². The van der Waals surface area contributed by atoms with E-state index in [1.165, 1.54) is 28.1 Å². The van der Waals surface area contributed by atoms with Gasteiger partial charge in [0.05, 0.1) is 6.61 Å². The maximum atomic E-state index is 5.47. The molecule has 2 N–H and O–H groups in total. The second-order valence-electron chi connectivity index (χ2n) is 5.45. The summed E-state index contributed by atoms with van der Waals surface area (Å²) in [6, 6.07) is 14.7. The molecular weight excluding hydrogens is 272 g/mol. The first-order valence-electron chi connectivity index (χ1n) is 7.80. The molecule has 0 fully saturated rings. The van der Waals surface area contributed by atoms with Crippen LogP contribution in [0.4, 0.5) is 5.69 Å². The first-order chi connectivity index (χ1) is 10.8. The number of hydrogen-bond acceptors (Lipinski definition) is 2. The van der Waals surface area contributed by atoms with E-state index in [-0.39, 0.29) is 0 Å². The second-order valence-corrected chi connectivity index (χ2v) is 5.45. The SMILES string of the molecule is CCOc1ccc(CCNc2cc[nH]c3ccc(C)c2-3)cc1. The molecule has 1 heterocycles. The van der Waals surface area contributed by atoms with E-state index in [1.807, 2.05) is 25.3 Å². The van der Waals surface area contributed by atoms with Gasteiger partial charge in [0.2, 0.25) is 0 Å². The van der Waals surface area contributed by atoms with Gasteiger partial charge in [-0.1, -0.05) is 18.2 Å². The lowest BCUT2D eigenvalue weighted by Gasteiger charge is -2.12. The van der Waals surface area contributed by atoms with Gasteiger partial charge in [-0.2, -0.15) is 0 Å². The van der Waals surface area contributed by atoms with E-state index < -0.39 is 0 Å². The Kier molecular flexibility index (Phi) is 4.33. The van der Waals surface area contributed by atoms with Crippen LogP contribution in [0.2, 0.25) is 0 Å². The molecule has 2 aliphatic rings. The predicted molar refractivity (Wildman–Crippen MR) is 92.0 cm³/mol. The van der Waals surface area contributed by atoms with Crippen LogP contribution in [0.1, 0.15) is 18.1 Å². The van der Waals surface area contributed by atoms with Gasteiger partial charge >= 0.3 is 0 Å². The molecule has 0 amide bonds. The monoisotopic (exact) mass is 294 g/mol. The standard InChI is InChI=1S/C19H22N2O/c1-3-22-16-7-5-15(6-8-16)10-12-20-18-11-13-21-17-9-4-14(2)19(17)18/h4-9,11,13,20-21H,3,10,12H2,1-2H3. The molecule has 0 spiro atoms. The lowest BCUT2D eigenvalue weighted by Crippen LogP contribution is -2.06. The van der Waals surface area contributed by atoms with Gasteiger partial charge in [0, 0.05) is 29.7 Å². The Morgan fingerprint density at radius 3 is 2.64 bits per heavy atom. The number of rotatable bonds is 6. The summed E-state index contributed by atoms with van der Waals surface area (Å²) < 4.78 is 5.47. The number of hydrogen-bond donors (Lipinski definition) is 2. The molecule has 0 saturated heterocycles. The highest BCUT2D eigenvalue weighted by Gasteiger charge is 2.11. The number of aromatic nitrogens is 1. The fraction of sp³-hybridized carbons (Fsp3) is 0.263. The molecule has 1 aromatic rings. The van der Waals surface area contributed by atoms with Crippen molar-refractivity contribution in [1.82, 2.24) is 4.98 Å². The van der Waals surface area contributed by atoms with Crippen LogP contribution in [0.25, 0.3) is 11.3 Å². The minimum absolute atomic E-state index is 0.709. The molecule has 0 atom stereocenters. The van der Waals surface area contributed by atoms with Crippen LogP contribution in [0, 0.1) is 6.92 Å². The van der Waals surface area contributed by atoms with Crippen molar-refractivity contribution >= 4 is 5.69 Å². The van der Waals surface area contributed by atoms with Gasteiger partial charge in [0.1, 0.15) is 5.75 Å². The summed E-state index contributed by atoms with van der Waals surface area (Å²) in [6.07, 6.45) is 2.98. The fourth-order valence-electron chi connectivity index (χ4n) is 2.77. The molecule has 1 aromatic carbocycles. The van der Waals surface area contributed by atoms with Crippen LogP contribution in [-0.2, 0) is 6.42 Å². The Morgan fingerprint density at radius 2 is 1.86 bits per heavy atom. The highest BCUT2D eigenvalue weighted by Crippen LogP contribution is 2.32. The summed E-state index contributed by atoms with van der Waals surface area (Å²) in [4.78, 5) is 3.28. The number of aromatic amines is 1. The molecule has 1 aliphatic heterocycles. The molecule has 0 bridgehead atoms. The minimum Gasteiger partial charge on any atom is -0.494 e. The van der Waals surface area contributed by atoms with Gasteiger partial charge in [-0.05, 0) is 55.7 Å². The van der Waals surface area contributed by atoms with Crippen LogP contribution in [0.15, 0.2) is 48.7 Å². The fourth-order valence-corrected chi connectivity index (χ4v) is 2.77. The minimum atomic E-state index is 0.709. The highest BCUT2D eigenvalue weighted by molar-refractivity contribution is 5.80. The third-order valence-corrected chi connectivity index (χ3v) is 3.89. The van der Waals surface area contributed by atoms with Crippen molar-refractivity contribution in [2.45, 2.75) is 20.3 Å².